The maximum atomic E-state index is 11.8. The molecule has 122 valence electrons. The highest BCUT2D eigenvalue weighted by molar-refractivity contribution is 7.20. The first-order valence-corrected chi connectivity index (χ1v) is 8.22. The van der Waals surface area contributed by atoms with Crippen LogP contribution in [0.1, 0.15) is 42.9 Å². The van der Waals surface area contributed by atoms with Crippen LogP contribution in [0.25, 0.3) is 16.2 Å². The van der Waals surface area contributed by atoms with Gasteiger partial charge < -0.3 is 9.47 Å². The maximum absolute atomic E-state index is 11.8. The number of thiophene rings is 1. The van der Waals surface area contributed by atoms with Gasteiger partial charge in [0.2, 0.25) is 0 Å². The van der Waals surface area contributed by atoms with Gasteiger partial charge in [0.25, 0.3) is 0 Å². The summed E-state index contributed by atoms with van der Waals surface area (Å²) >= 11 is 1.38. The monoisotopic (exact) mass is 332 g/mol. The molecule has 0 bridgehead atoms. The Labute approximate surface area is 139 Å². The van der Waals surface area contributed by atoms with E-state index in [1.54, 1.807) is 13.0 Å². The SMILES string of the molecule is CCOC(=O)c1cc2ccc(/C=C/C(=O)OC(C)(C)C)cc2s1. The molecule has 0 spiro atoms. The van der Waals surface area contributed by atoms with Crippen LogP contribution in [-0.2, 0) is 14.3 Å². The Morgan fingerprint density at radius 3 is 2.61 bits per heavy atom. The zero-order valence-electron chi connectivity index (χ0n) is 13.7. The van der Waals surface area contributed by atoms with Gasteiger partial charge in [0, 0.05) is 10.8 Å². The third-order valence-electron chi connectivity index (χ3n) is 2.84. The van der Waals surface area contributed by atoms with Crippen LogP contribution >= 0.6 is 11.3 Å². The van der Waals surface area contributed by atoms with Crippen LogP contribution in [0.3, 0.4) is 0 Å². The zero-order chi connectivity index (χ0) is 17.0. The molecule has 0 amide bonds. The molecule has 0 radical (unpaired) electrons. The van der Waals surface area contributed by atoms with Gasteiger partial charge >= 0.3 is 11.9 Å². The van der Waals surface area contributed by atoms with Gasteiger partial charge in [0.05, 0.1) is 6.61 Å². The van der Waals surface area contributed by atoms with Crippen LogP contribution in [-0.4, -0.2) is 24.1 Å². The number of esters is 2. The number of benzene rings is 1. The lowest BCUT2D eigenvalue weighted by Gasteiger charge is -2.17. The fourth-order valence-corrected chi connectivity index (χ4v) is 2.96. The van der Waals surface area contributed by atoms with Crippen molar-refractivity contribution in [1.29, 1.82) is 0 Å². The van der Waals surface area contributed by atoms with Gasteiger partial charge in [-0.25, -0.2) is 9.59 Å². The molecule has 1 heterocycles. The lowest BCUT2D eigenvalue weighted by molar-refractivity contribution is -0.148. The Bertz CT molecular complexity index is 750. The highest BCUT2D eigenvalue weighted by Crippen LogP contribution is 2.27. The predicted molar refractivity (Wildman–Crippen MR) is 92.7 cm³/mol. The smallest absolute Gasteiger partial charge is 0.348 e. The minimum atomic E-state index is -0.506. The molecule has 1 aromatic carbocycles. The van der Waals surface area contributed by atoms with Gasteiger partial charge in [-0.1, -0.05) is 12.1 Å². The van der Waals surface area contributed by atoms with E-state index in [1.165, 1.54) is 17.4 Å². The first-order valence-electron chi connectivity index (χ1n) is 7.40. The van der Waals surface area contributed by atoms with Crippen LogP contribution in [0.4, 0.5) is 0 Å². The second kappa shape index (κ2) is 6.96. The summed E-state index contributed by atoms with van der Waals surface area (Å²) in [6.07, 6.45) is 3.11. The quantitative estimate of drug-likeness (QED) is 0.614. The number of carbonyl (C=O) groups is 2. The number of rotatable bonds is 4. The van der Waals surface area contributed by atoms with Gasteiger partial charge in [-0.15, -0.1) is 11.3 Å². The summed E-state index contributed by atoms with van der Waals surface area (Å²) in [5.74, 6) is -0.685. The van der Waals surface area contributed by atoms with Crippen LogP contribution in [0, 0.1) is 0 Å². The molecule has 0 unspecified atom stereocenters. The second-order valence-electron chi connectivity index (χ2n) is 6.00. The summed E-state index contributed by atoms with van der Waals surface area (Å²) in [6.45, 7) is 7.62. The largest absolute Gasteiger partial charge is 0.462 e. The van der Waals surface area contributed by atoms with Crippen molar-refractivity contribution < 1.29 is 19.1 Å². The maximum Gasteiger partial charge on any atom is 0.348 e. The normalized spacial score (nSPS) is 11.8. The van der Waals surface area contributed by atoms with Crippen LogP contribution in [0.5, 0.6) is 0 Å². The predicted octanol–water partition coefficient (Wildman–Crippen LogP) is 4.43. The third-order valence-corrected chi connectivity index (χ3v) is 3.92. The zero-order valence-corrected chi connectivity index (χ0v) is 14.5. The van der Waals surface area contributed by atoms with E-state index in [1.807, 2.05) is 45.0 Å². The highest BCUT2D eigenvalue weighted by Gasteiger charge is 2.14. The average Bonchev–Trinajstić information content (AvgIpc) is 2.86. The van der Waals surface area contributed by atoms with Crippen LogP contribution < -0.4 is 0 Å². The van der Waals surface area contributed by atoms with E-state index >= 15 is 0 Å². The molecule has 2 aromatic rings. The van der Waals surface area contributed by atoms with Crippen molar-refractivity contribution in [3.05, 3.63) is 40.8 Å². The van der Waals surface area contributed by atoms with Crippen LogP contribution in [0.2, 0.25) is 0 Å². The molecule has 23 heavy (non-hydrogen) atoms. The van der Waals surface area contributed by atoms with Crippen molar-refractivity contribution >= 4 is 39.4 Å². The van der Waals surface area contributed by atoms with Crippen molar-refractivity contribution in [2.24, 2.45) is 0 Å². The van der Waals surface area contributed by atoms with Crippen molar-refractivity contribution in [2.75, 3.05) is 6.61 Å². The molecular weight excluding hydrogens is 312 g/mol. The fraction of sp³-hybridized carbons (Fsp3) is 0.333. The fourth-order valence-electron chi connectivity index (χ4n) is 1.95. The number of ether oxygens (including phenoxy) is 2. The third kappa shape index (κ3) is 4.93. The van der Waals surface area contributed by atoms with Gasteiger partial charge in [0.15, 0.2) is 0 Å². The minimum absolute atomic E-state index is 0.306. The molecule has 1 aromatic heterocycles. The van der Waals surface area contributed by atoms with E-state index in [-0.39, 0.29) is 11.9 Å². The van der Waals surface area contributed by atoms with Crippen molar-refractivity contribution in [3.63, 3.8) is 0 Å². The van der Waals surface area contributed by atoms with E-state index in [0.29, 0.717) is 11.5 Å². The molecule has 0 aliphatic rings. The Morgan fingerprint density at radius 1 is 1.22 bits per heavy atom. The summed E-state index contributed by atoms with van der Waals surface area (Å²) in [6, 6.07) is 7.57. The topological polar surface area (TPSA) is 52.6 Å². The number of carbonyl (C=O) groups excluding carboxylic acids is 2. The lowest BCUT2D eigenvalue weighted by atomic mass is 10.1. The van der Waals surface area contributed by atoms with E-state index < -0.39 is 5.60 Å². The average molecular weight is 332 g/mol. The summed E-state index contributed by atoms with van der Waals surface area (Å²) in [5, 5.41) is 0.979. The summed E-state index contributed by atoms with van der Waals surface area (Å²) in [4.78, 5) is 24.0. The van der Waals surface area contributed by atoms with E-state index in [9.17, 15) is 9.59 Å². The van der Waals surface area contributed by atoms with E-state index in [4.69, 9.17) is 9.47 Å². The molecule has 0 saturated carbocycles. The molecule has 4 nitrogen and oxygen atoms in total. The van der Waals surface area contributed by atoms with Gasteiger partial charge in [0.1, 0.15) is 10.5 Å². The molecule has 0 aliphatic carbocycles. The first-order chi connectivity index (χ1) is 10.8. The molecular formula is C18H20O4S. The molecule has 0 N–H and O–H groups in total. The Morgan fingerprint density at radius 2 is 1.96 bits per heavy atom. The Kier molecular flexibility index (Phi) is 5.21. The highest BCUT2D eigenvalue weighted by atomic mass is 32.1. The van der Waals surface area contributed by atoms with Crippen molar-refractivity contribution in [3.8, 4) is 0 Å². The van der Waals surface area contributed by atoms with E-state index in [0.717, 1.165) is 15.6 Å². The summed E-state index contributed by atoms with van der Waals surface area (Å²) in [7, 11) is 0. The van der Waals surface area contributed by atoms with Crippen molar-refractivity contribution in [1.82, 2.24) is 0 Å². The first kappa shape index (κ1) is 17.2. The molecule has 0 saturated heterocycles. The van der Waals surface area contributed by atoms with Gasteiger partial charge in [-0.05, 0) is 56.9 Å². The summed E-state index contributed by atoms with van der Waals surface area (Å²) in [5.41, 5.74) is 0.369. The molecule has 0 atom stereocenters. The number of fused-ring (bicyclic) bond motifs is 1. The van der Waals surface area contributed by atoms with E-state index in [2.05, 4.69) is 0 Å². The van der Waals surface area contributed by atoms with Crippen LogP contribution in [0.15, 0.2) is 30.3 Å². The van der Waals surface area contributed by atoms with Gasteiger partial charge in [-0.2, -0.15) is 0 Å². The Hall–Kier alpha value is -2.14. The molecule has 2 rings (SSSR count). The molecule has 5 heteroatoms. The Balaban J connectivity index is 2.17. The van der Waals surface area contributed by atoms with Gasteiger partial charge in [-0.3, -0.25) is 0 Å². The molecule has 0 aliphatic heterocycles. The summed E-state index contributed by atoms with van der Waals surface area (Å²) < 4.78 is 11.2. The lowest BCUT2D eigenvalue weighted by Crippen LogP contribution is -2.22. The number of hydrogen-bond donors (Lipinski definition) is 0. The van der Waals surface area contributed by atoms with Crippen molar-refractivity contribution in [2.45, 2.75) is 33.3 Å². The second-order valence-corrected chi connectivity index (χ2v) is 7.08. The standard InChI is InChI=1S/C18H20O4S/c1-5-21-17(20)15-11-13-8-6-12(10-14(13)23-15)7-9-16(19)22-18(2,3)4/h6-11H,5H2,1-4H3/b9-7+. The minimum Gasteiger partial charge on any atom is -0.462 e. The number of hydrogen-bond acceptors (Lipinski definition) is 5. The molecule has 0 fully saturated rings.